The van der Waals surface area contributed by atoms with Gasteiger partial charge in [-0.1, -0.05) is 18.2 Å². The van der Waals surface area contributed by atoms with E-state index in [2.05, 4.69) is 20.3 Å². The topological polar surface area (TPSA) is 129 Å². The summed E-state index contributed by atoms with van der Waals surface area (Å²) < 4.78 is 5.36. The lowest BCUT2D eigenvalue weighted by molar-refractivity contribution is 0.0965. The minimum atomic E-state index is -0.0268. The van der Waals surface area contributed by atoms with Crippen LogP contribution >= 0.6 is 0 Å². The summed E-state index contributed by atoms with van der Waals surface area (Å²) in [4.78, 5) is 23.7. The van der Waals surface area contributed by atoms with Gasteiger partial charge < -0.3 is 20.8 Å². The standard InChI is InChI=1S/C21H20N6O2/c1-29-16-4-2-3-12-17(16)25-21(23)27-19(12)26-18(22)15-8-13(15)10-5-6-11-9-24-20(28)14(11)7-10/h2-7,13,15H,8-9H2,1H3,(H,24,28)(H4,22,23,25,26,27). The number of methoxy groups -OCH3 is 1. The minimum absolute atomic E-state index is 0.0148. The molecule has 1 aliphatic carbocycles. The summed E-state index contributed by atoms with van der Waals surface area (Å²) in [7, 11) is 1.58. The number of nitrogen functional groups attached to an aromatic ring is 1. The molecule has 0 bridgehead atoms. The monoisotopic (exact) mass is 388 g/mol. The zero-order chi connectivity index (χ0) is 20.1. The average molecular weight is 388 g/mol. The van der Waals surface area contributed by atoms with Crippen molar-refractivity contribution >= 4 is 28.6 Å². The second kappa shape index (κ2) is 6.44. The number of amides is 1. The lowest BCUT2D eigenvalue weighted by Gasteiger charge is -2.06. The Bertz CT molecular complexity index is 1250. The van der Waals surface area contributed by atoms with Crippen LogP contribution in [0.5, 0.6) is 5.75 Å². The van der Waals surface area contributed by atoms with E-state index in [1.165, 1.54) is 0 Å². The molecular weight excluding hydrogens is 368 g/mol. The highest BCUT2D eigenvalue weighted by atomic mass is 16.5. The van der Waals surface area contributed by atoms with Gasteiger partial charge in [0.1, 0.15) is 22.6 Å². The summed E-state index contributed by atoms with van der Waals surface area (Å²) in [6, 6.07) is 11.5. The molecule has 2 atom stereocenters. The van der Waals surface area contributed by atoms with Crippen LogP contribution in [0.15, 0.2) is 41.4 Å². The molecule has 146 valence electrons. The van der Waals surface area contributed by atoms with E-state index in [4.69, 9.17) is 15.9 Å². The first-order valence-electron chi connectivity index (χ1n) is 9.42. The predicted molar refractivity (Wildman–Crippen MR) is 109 cm³/mol. The van der Waals surface area contributed by atoms with Gasteiger partial charge >= 0.3 is 0 Å². The molecule has 1 aliphatic heterocycles. The van der Waals surface area contributed by atoms with Gasteiger partial charge in [0.05, 0.1) is 7.11 Å². The third kappa shape index (κ3) is 2.93. The number of hydrogen-bond donors (Lipinski definition) is 4. The van der Waals surface area contributed by atoms with Crippen LogP contribution in [0.1, 0.15) is 33.8 Å². The first-order chi connectivity index (χ1) is 14.0. The van der Waals surface area contributed by atoms with Gasteiger partial charge in [-0.3, -0.25) is 10.2 Å². The molecule has 0 radical (unpaired) electrons. The predicted octanol–water partition coefficient (Wildman–Crippen LogP) is 2.08. The maximum absolute atomic E-state index is 11.9. The van der Waals surface area contributed by atoms with Gasteiger partial charge in [0.25, 0.3) is 5.91 Å². The second-order valence-electron chi connectivity index (χ2n) is 7.37. The number of hydrogen-bond acceptors (Lipinski definition) is 5. The Kier molecular flexibility index (Phi) is 3.87. The van der Waals surface area contributed by atoms with Crippen LogP contribution in [0, 0.1) is 11.3 Å². The molecule has 1 amide bonds. The van der Waals surface area contributed by atoms with Crippen LogP contribution in [-0.2, 0) is 6.54 Å². The number of nitrogens with two attached hydrogens (primary N) is 1. The van der Waals surface area contributed by atoms with E-state index < -0.39 is 0 Å². The largest absolute Gasteiger partial charge is 0.494 e. The van der Waals surface area contributed by atoms with E-state index in [-0.39, 0.29) is 29.5 Å². The third-order valence-electron chi connectivity index (χ3n) is 5.57. The number of para-hydroxylation sites is 1. The Hall–Kier alpha value is -3.68. The summed E-state index contributed by atoms with van der Waals surface area (Å²) in [5.41, 5.74) is 9.86. The first kappa shape index (κ1) is 17.4. The SMILES string of the molecule is COc1cccc2/c(=N/C(=N)C3CC3c3ccc4c(c3)C(=O)NC4)[nH]c(N)nc12. The normalized spacial score (nSPS) is 20.4. The van der Waals surface area contributed by atoms with Gasteiger partial charge in [-0.05, 0) is 41.7 Å². The molecule has 1 aromatic heterocycles. The van der Waals surface area contributed by atoms with Crippen LogP contribution in [-0.4, -0.2) is 28.8 Å². The fraction of sp³-hybridized carbons (Fsp3) is 0.238. The van der Waals surface area contributed by atoms with E-state index in [0.717, 1.165) is 28.5 Å². The number of carbonyl (C=O) groups excluding carboxylic acids is 1. The van der Waals surface area contributed by atoms with Gasteiger partial charge in [0, 0.05) is 23.4 Å². The van der Waals surface area contributed by atoms with Gasteiger partial charge in [-0.15, -0.1) is 0 Å². The van der Waals surface area contributed by atoms with E-state index >= 15 is 0 Å². The smallest absolute Gasteiger partial charge is 0.251 e. The van der Waals surface area contributed by atoms with Crippen molar-refractivity contribution in [1.82, 2.24) is 15.3 Å². The molecule has 2 heterocycles. The van der Waals surface area contributed by atoms with Gasteiger partial charge in [-0.25, -0.2) is 9.98 Å². The molecule has 2 aliphatic rings. The molecule has 8 nitrogen and oxygen atoms in total. The highest BCUT2D eigenvalue weighted by Gasteiger charge is 2.42. The quantitative estimate of drug-likeness (QED) is 0.404. The first-order valence-corrected chi connectivity index (χ1v) is 9.42. The second-order valence-corrected chi connectivity index (χ2v) is 7.37. The Labute approximate surface area is 166 Å². The lowest BCUT2D eigenvalue weighted by atomic mass is 10.0. The van der Waals surface area contributed by atoms with Crippen molar-refractivity contribution in [3.63, 3.8) is 0 Å². The molecule has 0 spiro atoms. The molecule has 1 fully saturated rings. The Morgan fingerprint density at radius 3 is 3.03 bits per heavy atom. The molecule has 1 saturated carbocycles. The summed E-state index contributed by atoms with van der Waals surface area (Å²) in [6.45, 7) is 0.587. The number of H-pyrrole nitrogens is 1. The number of rotatable bonds is 3. The molecule has 29 heavy (non-hydrogen) atoms. The Morgan fingerprint density at radius 2 is 2.21 bits per heavy atom. The van der Waals surface area contributed by atoms with Crippen LogP contribution in [0.3, 0.4) is 0 Å². The molecular formula is C21H20N6O2. The van der Waals surface area contributed by atoms with Crippen molar-refractivity contribution in [3.05, 3.63) is 58.6 Å². The number of nitrogens with one attached hydrogen (secondary N) is 3. The molecule has 2 aromatic carbocycles. The van der Waals surface area contributed by atoms with Crippen LogP contribution < -0.4 is 21.3 Å². The number of amidine groups is 1. The van der Waals surface area contributed by atoms with Crippen molar-refractivity contribution in [2.24, 2.45) is 10.9 Å². The number of benzene rings is 2. The molecule has 3 aromatic rings. The highest BCUT2D eigenvalue weighted by molar-refractivity contribution is 5.98. The van der Waals surface area contributed by atoms with Gasteiger partial charge in [0.2, 0.25) is 0 Å². The van der Waals surface area contributed by atoms with Crippen molar-refractivity contribution in [2.75, 3.05) is 12.8 Å². The van der Waals surface area contributed by atoms with Crippen LogP contribution in [0.25, 0.3) is 10.9 Å². The summed E-state index contributed by atoms with van der Waals surface area (Å²) in [6.07, 6.45) is 0.838. The summed E-state index contributed by atoms with van der Waals surface area (Å²) >= 11 is 0. The van der Waals surface area contributed by atoms with Gasteiger partial charge in [-0.2, -0.15) is 0 Å². The Morgan fingerprint density at radius 1 is 1.34 bits per heavy atom. The lowest BCUT2D eigenvalue weighted by Crippen LogP contribution is -2.16. The Balaban J connectivity index is 1.47. The number of aromatic amines is 1. The molecule has 5 rings (SSSR count). The van der Waals surface area contributed by atoms with Crippen molar-refractivity contribution in [1.29, 1.82) is 5.41 Å². The van der Waals surface area contributed by atoms with Crippen LogP contribution in [0.2, 0.25) is 0 Å². The van der Waals surface area contributed by atoms with Gasteiger partial charge in [0.15, 0.2) is 5.95 Å². The maximum Gasteiger partial charge on any atom is 0.251 e. The number of aromatic nitrogens is 2. The molecule has 5 N–H and O–H groups in total. The number of fused-ring (bicyclic) bond motifs is 2. The van der Waals surface area contributed by atoms with E-state index in [1.807, 2.05) is 36.4 Å². The zero-order valence-corrected chi connectivity index (χ0v) is 15.8. The zero-order valence-electron chi connectivity index (χ0n) is 15.8. The number of anilines is 1. The highest BCUT2D eigenvalue weighted by Crippen LogP contribution is 2.48. The average Bonchev–Trinajstić information content (AvgIpc) is 3.45. The van der Waals surface area contributed by atoms with E-state index in [9.17, 15) is 4.79 Å². The van der Waals surface area contributed by atoms with E-state index in [1.54, 1.807) is 7.11 Å². The molecule has 0 saturated heterocycles. The third-order valence-corrected chi connectivity index (χ3v) is 5.57. The number of carbonyl (C=O) groups is 1. The van der Waals surface area contributed by atoms with Crippen LogP contribution in [0.4, 0.5) is 5.95 Å². The maximum atomic E-state index is 11.9. The fourth-order valence-electron chi connectivity index (χ4n) is 3.95. The summed E-state index contributed by atoms with van der Waals surface area (Å²) in [5.74, 6) is 1.29. The minimum Gasteiger partial charge on any atom is -0.494 e. The van der Waals surface area contributed by atoms with Crippen molar-refractivity contribution < 1.29 is 9.53 Å². The molecule has 2 unspecified atom stereocenters. The number of ether oxygens (including phenoxy) is 1. The fourth-order valence-corrected chi connectivity index (χ4v) is 3.95. The van der Waals surface area contributed by atoms with Crippen molar-refractivity contribution in [2.45, 2.75) is 18.9 Å². The number of nitrogens with zero attached hydrogens (tertiary/aromatic N) is 2. The molecule has 8 heteroatoms. The summed E-state index contributed by atoms with van der Waals surface area (Å²) in [5, 5.41) is 12.1. The van der Waals surface area contributed by atoms with E-state index in [0.29, 0.717) is 23.3 Å². The van der Waals surface area contributed by atoms with Crippen molar-refractivity contribution in [3.8, 4) is 5.75 Å².